The van der Waals surface area contributed by atoms with E-state index in [1.54, 1.807) is 12.1 Å². The molecule has 0 spiro atoms. The predicted octanol–water partition coefficient (Wildman–Crippen LogP) is 4.42. The Morgan fingerprint density at radius 1 is 1.04 bits per heavy atom. The number of nitrogens with zero attached hydrogens (tertiary/aromatic N) is 2. The van der Waals surface area contributed by atoms with Gasteiger partial charge in [-0.15, -0.1) is 10.2 Å². The number of nitrogens with one attached hydrogen (secondary N) is 2. The van der Waals surface area contributed by atoms with Gasteiger partial charge in [-0.1, -0.05) is 39.0 Å². The van der Waals surface area contributed by atoms with Crippen LogP contribution in [-0.4, -0.2) is 27.8 Å². The van der Waals surface area contributed by atoms with Gasteiger partial charge in [0.1, 0.15) is 5.82 Å². The summed E-state index contributed by atoms with van der Waals surface area (Å²) in [5, 5.41) is 13.5. The number of thioether (sulfide) groups is 1. The summed E-state index contributed by atoms with van der Waals surface area (Å²) < 4.78 is 14.4. The first-order chi connectivity index (χ1) is 13.0. The zero-order chi connectivity index (χ0) is 19.2. The maximum absolute atomic E-state index is 12.9. The molecule has 0 radical (unpaired) electrons. The molecule has 0 unspecified atom stereocenters. The third-order valence-corrected chi connectivity index (χ3v) is 5.69. The minimum absolute atomic E-state index is 0.163. The highest BCUT2D eigenvalue weighted by atomic mass is 79.9. The van der Waals surface area contributed by atoms with Gasteiger partial charge in [0, 0.05) is 15.7 Å². The average Bonchev–Trinajstić information content (AvgIpc) is 3.10. The molecule has 3 aromatic rings. The molecule has 1 heterocycles. The highest BCUT2D eigenvalue weighted by Gasteiger charge is 2.12. The summed E-state index contributed by atoms with van der Waals surface area (Å²) in [6, 6.07) is 12.4. The van der Waals surface area contributed by atoms with Gasteiger partial charge >= 0.3 is 0 Å². The van der Waals surface area contributed by atoms with E-state index in [1.165, 1.54) is 36.0 Å². The normalized spacial score (nSPS) is 10.4. The standard InChI is InChI=1S/C17H12BrFN4O2S2/c18-11-3-7-13(8-4-11)20-14(24)9-26-17-23-22-16(27-17)21-15(25)10-1-5-12(19)6-2-10/h1-8H,9H2,(H,20,24)(H,21,22,25). The third kappa shape index (κ3) is 5.84. The lowest BCUT2D eigenvalue weighted by Gasteiger charge is -2.03. The Labute approximate surface area is 170 Å². The van der Waals surface area contributed by atoms with Crippen LogP contribution >= 0.6 is 39.0 Å². The summed E-state index contributed by atoms with van der Waals surface area (Å²) in [5.74, 6) is -0.830. The SMILES string of the molecule is O=C(CSc1nnc(NC(=O)c2ccc(F)cc2)s1)Nc1ccc(Br)cc1. The number of carbonyl (C=O) groups excluding carboxylic acids is 2. The lowest BCUT2D eigenvalue weighted by molar-refractivity contribution is -0.113. The van der Waals surface area contributed by atoms with Crippen molar-refractivity contribution in [2.24, 2.45) is 0 Å². The van der Waals surface area contributed by atoms with Crippen LogP contribution in [0.15, 0.2) is 57.3 Å². The van der Waals surface area contributed by atoms with Crippen LogP contribution in [0.2, 0.25) is 0 Å². The van der Waals surface area contributed by atoms with Crippen molar-refractivity contribution in [3.63, 3.8) is 0 Å². The molecule has 27 heavy (non-hydrogen) atoms. The number of hydrogen-bond donors (Lipinski definition) is 2. The van der Waals surface area contributed by atoms with Crippen molar-refractivity contribution >= 4 is 61.7 Å². The molecule has 2 N–H and O–H groups in total. The Morgan fingerprint density at radius 3 is 2.44 bits per heavy atom. The molecule has 0 aliphatic heterocycles. The van der Waals surface area contributed by atoms with Crippen molar-refractivity contribution in [2.45, 2.75) is 4.34 Å². The van der Waals surface area contributed by atoms with E-state index in [0.717, 1.165) is 15.8 Å². The second-order valence-electron chi connectivity index (χ2n) is 5.18. The van der Waals surface area contributed by atoms with Crippen LogP contribution in [0.4, 0.5) is 15.2 Å². The molecule has 2 aromatic carbocycles. The van der Waals surface area contributed by atoms with Gasteiger partial charge in [0.25, 0.3) is 5.91 Å². The summed E-state index contributed by atoms with van der Waals surface area (Å²) in [5.41, 5.74) is 1.02. The molecule has 0 aliphatic carbocycles. The topological polar surface area (TPSA) is 84.0 Å². The van der Waals surface area contributed by atoms with Crippen LogP contribution < -0.4 is 10.6 Å². The monoisotopic (exact) mass is 466 g/mol. The molecular formula is C17H12BrFN4O2S2. The molecule has 10 heteroatoms. The summed E-state index contributed by atoms with van der Waals surface area (Å²) in [4.78, 5) is 24.0. The Hall–Kier alpha value is -2.30. The number of anilines is 2. The molecule has 138 valence electrons. The van der Waals surface area contributed by atoms with Crippen LogP contribution in [0.1, 0.15) is 10.4 Å². The van der Waals surface area contributed by atoms with Crippen molar-refractivity contribution in [2.75, 3.05) is 16.4 Å². The van der Waals surface area contributed by atoms with Crippen molar-refractivity contribution in [1.82, 2.24) is 10.2 Å². The highest BCUT2D eigenvalue weighted by molar-refractivity contribution is 9.10. The summed E-state index contributed by atoms with van der Waals surface area (Å²) in [6.45, 7) is 0. The van der Waals surface area contributed by atoms with E-state index in [-0.39, 0.29) is 11.7 Å². The van der Waals surface area contributed by atoms with E-state index < -0.39 is 11.7 Å². The van der Waals surface area contributed by atoms with E-state index in [9.17, 15) is 14.0 Å². The maximum Gasteiger partial charge on any atom is 0.257 e. The molecule has 0 bridgehead atoms. The van der Waals surface area contributed by atoms with Crippen LogP contribution in [-0.2, 0) is 4.79 Å². The lowest BCUT2D eigenvalue weighted by atomic mass is 10.2. The molecule has 2 amide bonds. The number of hydrogen-bond acceptors (Lipinski definition) is 6. The number of benzene rings is 2. The quantitative estimate of drug-likeness (QED) is 0.414. The average molecular weight is 467 g/mol. The molecule has 0 fully saturated rings. The zero-order valence-electron chi connectivity index (χ0n) is 13.6. The smallest absolute Gasteiger partial charge is 0.257 e. The Morgan fingerprint density at radius 2 is 1.74 bits per heavy atom. The van der Waals surface area contributed by atoms with Crippen LogP contribution in [0.3, 0.4) is 0 Å². The Bertz CT molecular complexity index is 948. The van der Waals surface area contributed by atoms with Gasteiger partial charge in [-0.2, -0.15) is 0 Å². The number of amides is 2. The van der Waals surface area contributed by atoms with Crippen molar-refractivity contribution < 1.29 is 14.0 Å². The van der Waals surface area contributed by atoms with Crippen molar-refractivity contribution in [1.29, 1.82) is 0 Å². The molecule has 0 saturated carbocycles. The van der Waals surface area contributed by atoms with Gasteiger partial charge in [0.05, 0.1) is 5.75 Å². The number of halogens is 2. The third-order valence-electron chi connectivity index (χ3n) is 3.19. The zero-order valence-corrected chi connectivity index (χ0v) is 16.8. The first-order valence-corrected chi connectivity index (χ1v) is 10.2. The fraction of sp³-hybridized carbons (Fsp3) is 0.0588. The number of carbonyl (C=O) groups is 2. The maximum atomic E-state index is 12.9. The Balaban J connectivity index is 1.50. The largest absolute Gasteiger partial charge is 0.325 e. The summed E-state index contributed by atoms with van der Waals surface area (Å²) >= 11 is 5.71. The van der Waals surface area contributed by atoms with Crippen molar-refractivity contribution in [3.05, 3.63) is 64.4 Å². The molecule has 0 aliphatic rings. The fourth-order valence-corrected chi connectivity index (χ4v) is 3.76. The van der Waals surface area contributed by atoms with Gasteiger partial charge in [-0.25, -0.2) is 4.39 Å². The molecule has 0 atom stereocenters. The number of rotatable bonds is 6. The van der Waals surface area contributed by atoms with Gasteiger partial charge in [0.15, 0.2) is 4.34 Å². The van der Waals surface area contributed by atoms with Gasteiger partial charge < -0.3 is 5.32 Å². The number of aromatic nitrogens is 2. The first-order valence-electron chi connectivity index (χ1n) is 7.58. The molecule has 0 saturated heterocycles. The van der Waals surface area contributed by atoms with E-state index in [1.807, 2.05) is 12.1 Å². The van der Waals surface area contributed by atoms with Gasteiger partial charge in [-0.05, 0) is 48.5 Å². The lowest BCUT2D eigenvalue weighted by Crippen LogP contribution is -2.13. The van der Waals surface area contributed by atoms with E-state index in [0.29, 0.717) is 20.7 Å². The van der Waals surface area contributed by atoms with E-state index >= 15 is 0 Å². The highest BCUT2D eigenvalue weighted by Crippen LogP contribution is 2.26. The second-order valence-corrected chi connectivity index (χ2v) is 8.29. The van der Waals surface area contributed by atoms with Crippen LogP contribution in [0, 0.1) is 5.82 Å². The fourth-order valence-electron chi connectivity index (χ4n) is 1.95. The minimum atomic E-state index is -0.414. The first kappa shape index (κ1) is 19.5. The Kier molecular flexibility index (Phi) is 6.54. The second kappa shape index (κ2) is 9.07. The van der Waals surface area contributed by atoms with Gasteiger partial charge in [0.2, 0.25) is 11.0 Å². The molecule has 6 nitrogen and oxygen atoms in total. The van der Waals surface area contributed by atoms with E-state index in [4.69, 9.17) is 0 Å². The van der Waals surface area contributed by atoms with Crippen LogP contribution in [0.25, 0.3) is 0 Å². The predicted molar refractivity (Wildman–Crippen MR) is 108 cm³/mol. The van der Waals surface area contributed by atoms with Crippen molar-refractivity contribution in [3.8, 4) is 0 Å². The molecule has 1 aromatic heterocycles. The van der Waals surface area contributed by atoms with Crippen LogP contribution in [0.5, 0.6) is 0 Å². The molecule has 3 rings (SSSR count). The molecular weight excluding hydrogens is 455 g/mol. The summed E-state index contributed by atoms with van der Waals surface area (Å²) in [7, 11) is 0. The van der Waals surface area contributed by atoms with Gasteiger partial charge in [-0.3, -0.25) is 14.9 Å². The minimum Gasteiger partial charge on any atom is -0.325 e. The summed E-state index contributed by atoms with van der Waals surface area (Å²) in [6.07, 6.45) is 0. The van der Waals surface area contributed by atoms with E-state index in [2.05, 4.69) is 36.8 Å².